The van der Waals surface area contributed by atoms with Crippen molar-refractivity contribution in [1.29, 1.82) is 0 Å². The second kappa shape index (κ2) is 6.50. The maximum absolute atomic E-state index is 12.9. The van der Waals surface area contributed by atoms with Crippen molar-refractivity contribution < 1.29 is 19.2 Å². The fourth-order valence-corrected chi connectivity index (χ4v) is 3.22. The van der Waals surface area contributed by atoms with Crippen molar-refractivity contribution in [3.05, 3.63) is 35.9 Å². The number of carbonyl (C=O) groups is 2. The summed E-state index contributed by atoms with van der Waals surface area (Å²) < 4.78 is 5.47. The van der Waals surface area contributed by atoms with Gasteiger partial charge in [-0.25, -0.2) is 9.69 Å². The van der Waals surface area contributed by atoms with Crippen LogP contribution < -0.4 is 0 Å². The van der Waals surface area contributed by atoms with Crippen molar-refractivity contribution in [2.24, 2.45) is 11.1 Å². The summed E-state index contributed by atoms with van der Waals surface area (Å²) in [6.07, 6.45) is -0.413. The van der Waals surface area contributed by atoms with E-state index in [0.29, 0.717) is 12.8 Å². The molecule has 0 N–H and O–H groups in total. The van der Waals surface area contributed by atoms with E-state index in [1.165, 1.54) is 4.90 Å². The van der Waals surface area contributed by atoms with Gasteiger partial charge in [-0.3, -0.25) is 4.79 Å². The summed E-state index contributed by atoms with van der Waals surface area (Å²) in [5.41, 5.74) is 1.12. The number of carbonyl (C=O) groups excluding carboxylic acids is 2. The zero-order valence-electron chi connectivity index (χ0n) is 15.1. The number of oxime groups is 1. The van der Waals surface area contributed by atoms with E-state index in [1.54, 1.807) is 0 Å². The van der Waals surface area contributed by atoms with Crippen LogP contribution in [0.15, 0.2) is 35.5 Å². The van der Waals surface area contributed by atoms with Gasteiger partial charge in [-0.15, -0.1) is 0 Å². The van der Waals surface area contributed by atoms with Gasteiger partial charge in [0.05, 0.1) is 11.8 Å². The van der Waals surface area contributed by atoms with Crippen LogP contribution >= 0.6 is 0 Å². The Morgan fingerprint density at radius 3 is 2.60 bits per heavy atom. The van der Waals surface area contributed by atoms with Crippen LogP contribution in [0.2, 0.25) is 0 Å². The molecule has 1 aromatic rings. The third-order valence-corrected chi connectivity index (χ3v) is 4.80. The van der Waals surface area contributed by atoms with Crippen LogP contribution in [0, 0.1) is 5.92 Å². The van der Waals surface area contributed by atoms with Gasteiger partial charge in [0.15, 0.2) is 0 Å². The molecule has 2 aliphatic heterocycles. The van der Waals surface area contributed by atoms with Crippen LogP contribution in [0.1, 0.15) is 39.7 Å². The molecule has 0 saturated carbocycles. The van der Waals surface area contributed by atoms with E-state index in [1.807, 2.05) is 58.0 Å². The third-order valence-electron chi connectivity index (χ3n) is 4.80. The number of rotatable bonds is 4. The minimum Gasteiger partial charge on any atom is -0.441 e. The highest BCUT2D eigenvalue weighted by Gasteiger charge is 2.52. The number of ether oxygens (including phenoxy) is 1. The molecule has 1 saturated heterocycles. The standard InChI is InChI=1S/C19H24N2O4/c1-12(2)14-11-15(25-20-14)17(22)21-16(19(3,4)24-18(21)23)10-13-8-6-5-7-9-13/h5-9,12,15-16H,10-11H2,1-4H3/t15?,16-/m0/s1. The lowest BCUT2D eigenvalue weighted by Gasteiger charge is -2.28. The van der Waals surface area contributed by atoms with E-state index in [4.69, 9.17) is 9.57 Å². The van der Waals surface area contributed by atoms with Crippen LogP contribution in [0.3, 0.4) is 0 Å². The van der Waals surface area contributed by atoms with Crippen LogP contribution in [-0.2, 0) is 20.8 Å². The second-order valence-electron chi connectivity index (χ2n) is 7.42. The van der Waals surface area contributed by atoms with Crippen LogP contribution in [0.25, 0.3) is 0 Å². The molecule has 0 aromatic heterocycles. The lowest BCUT2D eigenvalue weighted by Crippen LogP contribution is -2.49. The first kappa shape index (κ1) is 17.5. The van der Waals surface area contributed by atoms with Gasteiger partial charge in [0.1, 0.15) is 5.60 Å². The number of hydrogen-bond acceptors (Lipinski definition) is 5. The Bertz CT molecular complexity index is 697. The molecule has 3 rings (SSSR count). The number of benzene rings is 1. The lowest BCUT2D eigenvalue weighted by atomic mass is 9.91. The van der Waals surface area contributed by atoms with Gasteiger partial charge < -0.3 is 9.57 Å². The number of hydrogen-bond donors (Lipinski definition) is 0. The highest BCUT2D eigenvalue weighted by molar-refractivity contribution is 6.00. The van der Waals surface area contributed by atoms with Crippen LogP contribution in [-0.4, -0.2) is 40.4 Å². The summed E-state index contributed by atoms with van der Waals surface area (Å²) in [4.78, 5) is 31.9. The van der Waals surface area contributed by atoms with E-state index in [0.717, 1.165) is 11.3 Å². The molecule has 0 bridgehead atoms. The maximum Gasteiger partial charge on any atom is 0.417 e. The van der Waals surface area contributed by atoms with E-state index in [9.17, 15) is 9.59 Å². The minimum atomic E-state index is -0.761. The highest BCUT2D eigenvalue weighted by Crippen LogP contribution is 2.33. The van der Waals surface area contributed by atoms with Gasteiger partial charge >= 0.3 is 6.09 Å². The van der Waals surface area contributed by atoms with Gasteiger partial charge in [0.25, 0.3) is 5.91 Å². The average Bonchev–Trinajstić information content (AvgIpc) is 3.12. The third kappa shape index (κ3) is 3.38. The van der Waals surface area contributed by atoms with Crippen molar-refractivity contribution in [3.8, 4) is 0 Å². The first-order valence-electron chi connectivity index (χ1n) is 8.62. The second-order valence-corrected chi connectivity index (χ2v) is 7.42. The lowest BCUT2D eigenvalue weighted by molar-refractivity contribution is -0.140. The maximum atomic E-state index is 12.9. The van der Waals surface area contributed by atoms with Crippen molar-refractivity contribution >= 4 is 17.7 Å². The first-order chi connectivity index (χ1) is 11.8. The van der Waals surface area contributed by atoms with Crippen molar-refractivity contribution in [3.63, 3.8) is 0 Å². The number of nitrogens with zero attached hydrogens (tertiary/aromatic N) is 2. The van der Waals surface area contributed by atoms with Crippen molar-refractivity contribution in [2.45, 2.75) is 58.3 Å². The molecule has 0 radical (unpaired) electrons. The van der Waals surface area contributed by atoms with Crippen molar-refractivity contribution in [1.82, 2.24) is 4.90 Å². The Hall–Kier alpha value is -2.37. The van der Waals surface area contributed by atoms with Gasteiger partial charge in [-0.2, -0.15) is 0 Å². The average molecular weight is 344 g/mol. The molecule has 0 aliphatic carbocycles. The Kier molecular flexibility index (Phi) is 4.54. The predicted molar refractivity (Wildman–Crippen MR) is 93.1 cm³/mol. The summed E-state index contributed by atoms with van der Waals surface area (Å²) in [5.74, 6) is -0.171. The Labute approximate surface area is 147 Å². The smallest absolute Gasteiger partial charge is 0.417 e. The van der Waals surface area contributed by atoms with E-state index in [-0.39, 0.29) is 17.9 Å². The molecule has 2 amide bonds. The normalized spacial score (nSPS) is 24.9. The molecular formula is C19H24N2O4. The molecule has 2 heterocycles. The molecule has 1 unspecified atom stereocenters. The van der Waals surface area contributed by atoms with Crippen LogP contribution in [0.4, 0.5) is 4.79 Å². The van der Waals surface area contributed by atoms with Gasteiger partial charge in [-0.1, -0.05) is 49.3 Å². The van der Waals surface area contributed by atoms with E-state index in [2.05, 4.69) is 5.16 Å². The molecule has 1 fully saturated rings. The predicted octanol–water partition coefficient (Wildman–Crippen LogP) is 3.16. The molecule has 6 nitrogen and oxygen atoms in total. The number of cyclic esters (lactones) is 1. The summed E-state index contributed by atoms with van der Waals surface area (Å²) in [6, 6.07) is 9.39. The summed E-state index contributed by atoms with van der Waals surface area (Å²) in [7, 11) is 0. The number of amides is 2. The highest BCUT2D eigenvalue weighted by atomic mass is 16.6. The molecular weight excluding hydrogens is 320 g/mol. The molecule has 25 heavy (non-hydrogen) atoms. The van der Waals surface area contributed by atoms with Gasteiger partial charge in [0.2, 0.25) is 6.10 Å². The first-order valence-corrected chi connectivity index (χ1v) is 8.62. The molecule has 2 aliphatic rings. The number of imide groups is 1. The topological polar surface area (TPSA) is 68.2 Å². The van der Waals surface area contributed by atoms with E-state index >= 15 is 0 Å². The van der Waals surface area contributed by atoms with Gasteiger partial charge in [0, 0.05) is 6.42 Å². The molecule has 0 spiro atoms. The Balaban J connectivity index is 1.80. The fraction of sp³-hybridized carbons (Fsp3) is 0.526. The summed E-state index contributed by atoms with van der Waals surface area (Å²) >= 11 is 0. The summed E-state index contributed by atoms with van der Waals surface area (Å²) in [6.45, 7) is 7.66. The van der Waals surface area contributed by atoms with Gasteiger partial charge in [-0.05, 0) is 31.7 Å². The summed E-state index contributed by atoms with van der Waals surface area (Å²) in [5, 5.41) is 4.00. The van der Waals surface area contributed by atoms with Crippen LogP contribution in [0.5, 0.6) is 0 Å². The molecule has 6 heteroatoms. The molecule has 2 atom stereocenters. The molecule has 1 aromatic carbocycles. The van der Waals surface area contributed by atoms with Crippen molar-refractivity contribution in [2.75, 3.05) is 0 Å². The quantitative estimate of drug-likeness (QED) is 0.841. The zero-order valence-corrected chi connectivity index (χ0v) is 15.1. The minimum absolute atomic E-state index is 0.208. The Morgan fingerprint density at radius 2 is 2.00 bits per heavy atom. The largest absolute Gasteiger partial charge is 0.441 e. The monoisotopic (exact) mass is 344 g/mol. The fourth-order valence-electron chi connectivity index (χ4n) is 3.22. The zero-order chi connectivity index (χ0) is 18.2. The molecule has 134 valence electrons. The Morgan fingerprint density at radius 1 is 1.32 bits per heavy atom. The van der Waals surface area contributed by atoms with E-state index < -0.39 is 17.8 Å². The SMILES string of the molecule is CC(C)C1=NOC(C(=O)N2C(=O)OC(C)(C)[C@@H]2Cc2ccccc2)C1.